The molecule has 0 spiro atoms. The van der Waals surface area contributed by atoms with Crippen LogP contribution in [0.3, 0.4) is 0 Å². The molecule has 1 amide bonds. The maximum Gasteiger partial charge on any atom is 0.391 e. The van der Waals surface area contributed by atoms with E-state index < -0.39 is 12.1 Å². The van der Waals surface area contributed by atoms with Gasteiger partial charge in [-0.25, -0.2) is 0 Å². The smallest absolute Gasteiger partial charge is 0.391 e. The molecule has 0 bridgehead atoms. The number of rotatable bonds is 4. The average molecular weight is 351 g/mol. The van der Waals surface area contributed by atoms with Crippen molar-refractivity contribution < 1.29 is 18.0 Å². The molecule has 0 aliphatic heterocycles. The van der Waals surface area contributed by atoms with E-state index >= 15 is 0 Å². The van der Waals surface area contributed by atoms with Gasteiger partial charge in [0.2, 0.25) is 5.91 Å². The van der Waals surface area contributed by atoms with Gasteiger partial charge >= 0.3 is 6.18 Å². The van der Waals surface area contributed by atoms with E-state index in [1.807, 2.05) is 18.2 Å². The van der Waals surface area contributed by atoms with Crippen LogP contribution < -0.4 is 11.1 Å². The lowest BCUT2D eigenvalue weighted by atomic mass is 9.85. The van der Waals surface area contributed by atoms with Crippen LogP contribution in [0.5, 0.6) is 0 Å². The third-order valence-corrected chi connectivity index (χ3v) is 4.23. The van der Waals surface area contributed by atoms with Gasteiger partial charge < -0.3 is 11.1 Å². The van der Waals surface area contributed by atoms with Gasteiger partial charge in [-0.05, 0) is 43.7 Å². The number of hydrogen-bond donors (Lipinski definition) is 2. The highest BCUT2D eigenvalue weighted by Gasteiger charge is 2.41. The van der Waals surface area contributed by atoms with E-state index in [9.17, 15) is 18.0 Å². The van der Waals surface area contributed by atoms with E-state index in [0.29, 0.717) is 31.4 Å². The topological polar surface area (TPSA) is 55.1 Å². The Bertz CT molecular complexity index is 514. The van der Waals surface area contributed by atoms with Crippen molar-refractivity contribution in [3.8, 4) is 0 Å². The molecule has 0 aromatic heterocycles. The summed E-state index contributed by atoms with van der Waals surface area (Å²) in [6.45, 7) is 0. The van der Waals surface area contributed by atoms with Crippen LogP contribution in [0.1, 0.15) is 37.7 Å². The summed E-state index contributed by atoms with van der Waals surface area (Å²) in [5, 5.41) is 2.83. The summed E-state index contributed by atoms with van der Waals surface area (Å²) in [6, 6.07) is 7.21. The van der Waals surface area contributed by atoms with Crippen LogP contribution in [0.4, 0.5) is 18.9 Å². The fourth-order valence-electron chi connectivity index (χ4n) is 2.87. The zero-order valence-corrected chi connectivity index (χ0v) is 13.6. The van der Waals surface area contributed by atoms with Crippen LogP contribution in [0.15, 0.2) is 24.3 Å². The molecule has 0 saturated heterocycles. The molecule has 3 N–H and O–H groups in total. The zero-order chi connectivity index (χ0) is 16.2. The molecule has 7 heteroatoms. The van der Waals surface area contributed by atoms with E-state index in [1.165, 1.54) is 0 Å². The molecule has 1 aliphatic rings. The maximum atomic E-state index is 12.6. The molecule has 0 atom stereocenters. The molecule has 1 aromatic carbocycles. The zero-order valence-electron chi connectivity index (χ0n) is 12.7. The molecular weight excluding hydrogens is 329 g/mol. The molecule has 2 rings (SSSR count). The minimum Gasteiger partial charge on any atom is -0.399 e. The second-order valence-corrected chi connectivity index (χ2v) is 5.86. The van der Waals surface area contributed by atoms with Gasteiger partial charge in [0.25, 0.3) is 0 Å². The molecule has 1 aliphatic carbocycles. The van der Waals surface area contributed by atoms with Crippen molar-refractivity contribution in [2.24, 2.45) is 5.92 Å². The minimum absolute atomic E-state index is 0. The van der Waals surface area contributed by atoms with Crippen molar-refractivity contribution >= 4 is 24.0 Å². The second kappa shape index (κ2) is 8.43. The van der Waals surface area contributed by atoms with Crippen LogP contribution >= 0.6 is 12.4 Å². The summed E-state index contributed by atoms with van der Waals surface area (Å²) in [6.07, 6.45) is -2.30. The van der Waals surface area contributed by atoms with E-state index in [-0.39, 0.29) is 37.2 Å². The number of nitrogen functional groups attached to an aromatic ring is 1. The van der Waals surface area contributed by atoms with Crippen molar-refractivity contribution in [2.45, 2.75) is 50.7 Å². The molecule has 1 saturated carbocycles. The summed E-state index contributed by atoms with van der Waals surface area (Å²) in [7, 11) is 0. The summed E-state index contributed by atoms with van der Waals surface area (Å²) in [5.41, 5.74) is 7.38. The Balaban J connectivity index is 0.00000264. The Morgan fingerprint density at radius 1 is 1.17 bits per heavy atom. The number of para-hydroxylation sites is 1. The monoisotopic (exact) mass is 350 g/mol. The summed E-state index contributed by atoms with van der Waals surface area (Å²) in [4.78, 5) is 11.9. The van der Waals surface area contributed by atoms with Crippen molar-refractivity contribution in [2.75, 3.05) is 5.73 Å². The molecule has 0 heterocycles. The maximum absolute atomic E-state index is 12.6. The van der Waals surface area contributed by atoms with Gasteiger partial charge in [0.15, 0.2) is 0 Å². The molecule has 1 aromatic rings. The number of anilines is 1. The number of aryl methyl sites for hydroxylation is 1. The molecule has 23 heavy (non-hydrogen) atoms. The fourth-order valence-corrected chi connectivity index (χ4v) is 2.87. The lowest BCUT2D eigenvalue weighted by molar-refractivity contribution is -0.182. The van der Waals surface area contributed by atoms with E-state index in [4.69, 9.17) is 5.73 Å². The summed E-state index contributed by atoms with van der Waals surface area (Å²) in [5.74, 6) is -1.34. The van der Waals surface area contributed by atoms with Crippen molar-refractivity contribution in [3.05, 3.63) is 29.8 Å². The van der Waals surface area contributed by atoms with Crippen LogP contribution in [-0.4, -0.2) is 18.1 Å². The van der Waals surface area contributed by atoms with Crippen molar-refractivity contribution in [1.82, 2.24) is 5.32 Å². The first-order chi connectivity index (χ1) is 10.4. The van der Waals surface area contributed by atoms with E-state index in [2.05, 4.69) is 5.32 Å². The highest BCUT2D eigenvalue weighted by atomic mass is 35.5. The fraction of sp³-hybridized carbons (Fsp3) is 0.562. The van der Waals surface area contributed by atoms with Crippen LogP contribution in [0, 0.1) is 5.92 Å². The third-order valence-electron chi connectivity index (χ3n) is 4.23. The van der Waals surface area contributed by atoms with Crippen LogP contribution in [0.25, 0.3) is 0 Å². The lowest BCUT2D eigenvalue weighted by Crippen LogP contribution is -2.40. The minimum atomic E-state index is -4.11. The Kier molecular flexibility index (Phi) is 7.19. The van der Waals surface area contributed by atoms with Gasteiger partial charge in [0, 0.05) is 18.2 Å². The van der Waals surface area contributed by atoms with Crippen molar-refractivity contribution in [3.63, 3.8) is 0 Å². The standard InChI is InChI=1S/C16H21F3N2O.ClH/c17-16(18,19)12-6-8-13(9-7-12)21-15(22)10-5-11-3-1-2-4-14(11)20;/h1-4,12-13H,5-10,20H2,(H,21,22);1H. The number of carbonyl (C=O) groups excluding carboxylic acids is 1. The highest BCUT2D eigenvalue weighted by molar-refractivity contribution is 5.85. The Labute approximate surface area is 140 Å². The number of nitrogens with one attached hydrogen (secondary N) is 1. The third kappa shape index (κ3) is 5.94. The second-order valence-electron chi connectivity index (χ2n) is 5.86. The summed E-state index contributed by atoms with van der Waals surface area (Å²) < 4.78 is 37.7. The SMILES string of the molecule is Cl.Nc1ccccc1CCC(=O)NC1CCC(C(F)(F)F)CC1. The van der Waals surface area contributed by atoms with Gasteiger partial charge in [-0.1, -0.05) is 18.2 Å². The highest BCUT2D eigenvalue weighted by Crippen LogP contribution is 2.37. The van der Waals surface area contributed by atoms with Gasteiger partial charge in [-0.15, -0.1) is 12.4 Å². The van der Waals surface area contributed by atoms with Gasteiger partial charge in [0.05, 0.1) is 5.92 Å². The Hall–Kier alpha value is -1.43. The van der Waals surface area contributed by atoms with Crippen molar-refractivity contribution in [1.29, 1.82) is 0 Å². The number of alkyl halides is 3. The Morgan fingerprint density at radius 2 is 1.78 bits per heavy atom. The molecule has 0 radical (unpaired) electrons. The average Bonchev–Trinajstić information content (AvgIpc) is 2.46. The number of carbonyl (C=O) groups is 1. The van der Waals surface area contributed by atoms with Gasteiger partial charge in [-0.2, -0.15) is 13.2 Å². The van der Waals surface area contributed by atoms with Crippen LogP contribution in [0.2, 0.25) is 0 Å². The first kappa shape index (κ1) is 19.6. The van der Waals surface area contributed by atoms with Crippen LogP contribution in [-0.2, 0) is 11.2 Å². The van der Waals surface area contributed by atoms with Gasteiger partial charge in [-0.3, -0.25) is 4.79 Å². The van der Waals surface area contributed by atoms with E-state index in [1.54, 1.807) is 6.07 Å². The largest absolute Gasteiger partial charge is 0.399 e. The van der Waals surface area contributed by atoms with E-state index in [0.717, 1.165) is 5.56 Å². The normalized spacial score (nSPS) is 21.3. The molecule has 0 unspecified atom stereocenters. The number of halogens is 4. The number of benzene rings is 1. The number of hydrogen-bond acceptors (Lipinski definition) is 2. The quantitative estimate of drug-likeness (QED) is 0.810. The molecule has 3 nitrogen and oxygen atoms in total. The Morgan fingerprint density at radius 3 is 2.35 bits per heavy atom. The number of nitrogens with two attached hydrogens (primary N) is 1. The predicted molar refractivity (Wildman–Crippen MR) is 86.4 cm³/mol. The lowest BCUT2D eigenvalue weighted by Gasteiger charge is -2.30. The first-order valence-electron chi connectivity index (χ1n) is 7.55. The predicted octanol–water partition coefficient (Wildman–Crippen LogP) is 3.86. The first-order valence-corrected chi connectivity index (χ1v) is 7.55. The molecule has 1 fully saturated rings. The van der Waals surface area contributed by atoms with Gasteiger partial charge in [0.1, 0.15) is 0 Å². The summed E-state index contributed by atoms with van der Waals surface area (Å²) >= 11 is 0. The molecule has 130 valence electrons. The number of amides is 1. The molecular formula is C16H22ClF3N2O.